The zero-order valence-electron chi connectivity index (χ0n) is 14.6. The molecule has 1 fully saturated rings. The zero-order chi connectivity index (χ0) is 16.2. The van der Waals surface area contributed by atoms with Crippen molar-refractivity contribution >= 4 is 0 Å². The van der Waals surface area contributed by atoms with Crippen LogP contribution in [0.2, 0.25) is 0 Å². The van der Waals surface area contributed by atoms with E-state index in [0.717, 1.165) is 18.8 Å². The van der Waals surface area contributed by atoms with Crippen molar-refractivity contribution in [1.29, 1.82) is 0 Å². The summed E-state index contributed by atoms with van der Waals surface area (Å²) in [7, 11) is 0. The lowest BCUT2D eigenvalue weighted by atomic mass is 9.81. The van der Waals surface area contributed by atoms with Crippen LogP contribution >= 0.6 is 0 Å². The lowest BCUT2D eigenvalue weighted by molar-refractivity contribution is 0.131. The summed E-state index contributed by atoms with van der Waals surface area (Å²) in [5.41, 5.74) is 4.55. The number of aryl methyl sites for hydroxylation is 1. The Morgan fingerprint density at radius 2 is 1.95 bits per heavy atom. The van der Waals surface area contributed by atoms with Crippen molar-refractivity contribution < 1.29 is 0 Å². The summed E-state index contributed by atoms with van der Waals surface area (Å²) in [6.07, 6.45) is 6.57. The third kappa shape index (κ3) is 4.25. The topological polar surface area (TPSA) is 3.24 Å². The smallest absolute Gasteiger partial charge is 0.0220 e. The highest BCUT2D eigenvalue weighted by Gasteiger charge is 2.27. The molecule has 0 radical (unpaired) electrons. The van der Waals surface area contributed by atoms with Gasteiger partial charge in [0.15, 0.2) is 0 Å². The summed E-state index contributed by atoms with van der Waals surface area (Å²) >= 11 is 0. The molecule has 0 unspecified atom stereocenters. The van der Waals surface area contributed by atoms with Crippen LogP contribution in [0.3, 0.4) is 0 Å². The maximum absolute atomic E-state index is 4.19. The summed E-state index contributed by atoms with van der Waals surface area (Å²) in [6.45, 7) is 17.3. The van der Waals surface area contributed by atoms with Crippen molar-refractivity contribution in [3.63, 3.8) is 0 Å². The van der Waals surface area contributed by atoms with E-state index in [1.165, 1.54) is 42.8 Å². The molecule has 1 heteroatoms. The predicted molar refractivity (Wildman–Crippen MR) is 97.1 cm³/mol. The molecule has 1 nitrogen and oxygen atoms in total. The van der Waals surface area contributed by atoms with Crippen LogP contribution in [0.5, 0.6) is 0 Å². The second kappa shape index (κ2) is 7.17. The minimum absolute atomic E-state index is 0.237. The summed E-state index contributed by atoms with van der Waals surface area (Å²) < 4.78 is 0. The SMILES string of the molecule is C=CCCC(=C)N1CC(CCc2ccccc2C(C)(C)C)C1. The zero-order valence-corrected chi connectivity index (χ0v) is 14.6. The van der Waals surface area contributed by atoms with Gasteiger partial charge in [-0.15, -0.1) is 6.58 Å². The summed E-state index contributed by atoms with van der Waals surface area (Å²) in [5, 5.41) is 0. The Morgan fingerprint density at radius 3 is 2.59 bits per heavy atom. The monoisotopic (exact) mass is 297 g/mol. The number of allylic oxidation sites excluding steroid dienone is 2. The first-order valence-electron chi connectivity index (χ1n) is 8.54. The van der Waals surface area contributed by atoms with Gasteiger partial charge in [0, 0.05) is 18.8 Å². The van der Waals surface area contributed by atoms with Gasteiger partial charge in [-0.3, -0.25) is 0 Å². The molecule has 0 amide bonds. The molecule has 2 rings (SSSR count). The van der Waals surface area contributed by atoms with E-state index < -0.39 is 0 Å². The van der Waals surface area contributed by atoms with E-state index in [-0.39, 0.29) is 5.41 Å². The standard InChI is InChI=1S/C21H31N/c1-6-7-10-17(2)22-15-18(16-22)13-14-19-11-8-9-12-20(19)21(3,4)5/h6,8-9,11-12,18H,1-2,7,10,13-16H2,3-5H3. The summed E-state index contributed by atoms with van der Waals surface area (Å²) in [4.78, 5) is 2.43. The van der Waals surface area contributed by atoms with Gasteiger partial charge in [-0.05, 0) is 48.1 Å². The minimum Gasteiger partial charge on any atom is -0.375 e. The first kappa shape index (κ1) is 16.9. The molecule has 1 saturated heterocycles. The Morgan fingerprint density at radius 1 is 1.27 bits per heavy atom. The molecule has 0 N–H and O–H groups in total. The van der Waals surface area contributed by atoms with E-state index in [0.29, 0.717) is 0 Å². The molecule has 0 aromatic heterocycles. The maximum Gasteiger partial charge on any atom is 0.0220 e. The summed E-state index contributed by atoms with van der Waals surface area (Å²) in [5.74, 6) is 0.827. The third-order valence-corrected chi connectivity index (χ3v) is 4.69. The number of rotatable bonds is 7. The van der Waals surface area contributed by atoms with Crippen molar-refractivity contribution in [2.75, 3.05) is 13.1 Å². The summed E-state index contributed by atoms with van der Waals surface area (Å²) in [6, 6.07) is 8.94. The third-order valence-electron chi connectivity index (χ3n) is 4.69. The number of likely N-dealkylation sites (tertiary alicyclic amines) is 1. The van der Waals surface area contributed by atoms with E-state index in [1.807, 2.05) is 6.08 Å². The molecule has 0 saturated carbocycles. The van der Waals surface area contributed by atoms with E-state index in [2.05, 4.69) is 63.1 Å². The lowest BCUT2D eigenvalue weighted by Gasteiger charge is -2.42. The highest BCUT2D eigenvalue weighted by molar-refractivity contribution is 5.33. The van der Waals surface area contributed by atoms with Gasteiger partial charge < -0.3 is 4.90 Å². The van der Waals surface area contributed by atoms with Crippen LogP contribution in [0.25, 0.3) is 0 Å². The van der Waals surface area contributed by atoms with Crippen molar-refractivity contribution in [3.8, 4) is 0 Å². The number of hydrogen-bond acceptors (Lipinski definition) is 1. The molecule has 1 aromatic carbocycles. The van der Waals surface area contributed by atoms with E-state index in [4.69, 9.17) is 0 Å². The normalized spacial score (nSPS) is 15.5. The molecule has 22 heavy (non-hydrogen) atoms. The Labute approximate surface area is 136 Å². The van der Waals surface area contributed by atoms with E-state index >= 15 is 0 Å². The lowest BCUT2D eigenvalue weighted by Crippen LogP contribution is -2.45. The molecule has 0 atom stereocenters. The fraction of sp³-hybridized carbons (Fsp3) is 0.524. The minimum atomic E-state index is 0.237. The first-order valence-corrected chi connectivity index (χ1v) is 8.54. The van der Waals surface area contributed by atoms with Crippen molar-refractivity contribution in [3.05, 3.63) is 60.3 Å². The van der Waals surface area contributed by atoms with E-state index in [9.17, 15) is 0 Å². The van der Waals surface area contributed by atoms with Crippen LogP contribution in [-0.2, 0) is 11.8 Å². The van der Waals surface area contributed by atoms with Gasteiger partial charge in [-0.2, -0.15) is 0 Å². The number of benzene rings is 1. The van der Waals surface area contributed by atoms with Gasteiger partial charge in [0.05, 0.1) is 0 Å². The van der Waals surface area contributed by atoms with E-state index in [1.54, 1.807) is 0 Å². The molecule has 1 heterocycles. The molecule has 1 aliphatic heterocycles. The quantitative estimate of drug-likeness (QED) is 0.615. The van der Waals surface area contributed by atoms with Gasteiger partial charge in [0.1, 0.15) is 0 Å². The second-order valence-electron chi connectivity index (χ2n) is 7.61. The fourth-order valence-corrected chi connectivity index (χ4v) is 3.27. The highest BCUT2D eigenvalue weighted by atomic mass is 15.2. The number of hydrogen-bond donors (Lipinski definition) is 0. The van der Waals surface area contributed by atoms with Gasteiger partial charge in [0.25, 0.3) is 0 Å². The predicted octanol–water partition coefficient (Wildman–Crippen LogP) is 5.33. The molecule has 0 aliphatic carbocycles. The number of nitrogens with zero attached hydrogens (tertiary/aromatic N) is 1. The van der Waals surface area contributed by atoms with Gasteiger partial charge in [-0.25, -0.2) is 0 Å². The first-order chi connectivity index (χ1) is 10.4. The van der Waals surface area contributed by atoms with Crippen LogP contribution in [-0.4, -0.2) is 18.0 Å². The molecule has 120 valence electrons. The second-order valence-corrected chi connectivity index (χ2v) is 7.61. The molecule has 1 aliphatic rings. The van der Waals surface area contributed by atoms with Gasteiger partial charge in [-0.1, -0.05) is 57.7 Å². The highest BCUT2D eigenvalue weighted by Crippen LogP contribution is 2.30. The van der Waals surface area contributed by atoms with Crippen molar-refractivity contribution in [2.45, 2.75) is 51.9 Å². The Hall–Kier alpha value is -1.50. The van der Waals surface area contributed by atoms with Crippen molar-refractivity contribution in [2.24, 2.45) is 5.92 Å². The van der Waals surface area contributed by atoms with Crippen LogP contribution in [0, 0.1) is 5.92 Å². The average molecular weight is 297 g/mol. The molecular weight excluding hydrogens is 266 g/mol. The molecular formula is C21H31N. The van der Waals surface area contributed by atoms with Crippen LogP contribution in [0.1, 0.15) is 51.2 Å². The maximum atomic E-state index is 4.19. The molecule has 1 aromatic rings. The van der Waals surface area contributed by atoms with Crippen LogP contribution in [0.15, 0.2) is 49.2 Å². The van der Waals surface area contributed by atoms with Gasteiger partial charge >= 0.3 is 0 Å². The van der Waals surface area contributed by atoms with Gasteiger partial charge in [0.2, 0.25) is 0 Å². The fourth-order valence-electron chi connectivity index (χ4n) is 3.27. The Kier molecular flexibility index (Phi) is 5.50. The Bertz CT molecular complexity index is 515. The Balaban J connectivity index is 1.82. The largest absolute Gasteiger partial charge is 0.375 e. The van der Waals surface area contributed by atoms with Crippen LogP contribution in [0.4, 0.5) is 0 Å². The molecule has 0 spiro atoms. The average Bonchev–Trinajstić information content (AvgIpc) is 2.42. The molecule has 0 bridgehead atoms. The van der Waals surface area contributed by atoms with Crippen LogP contribution < -0.4 is 0 Å². The van der Waals surface area contributed by atoms with Crippen molar-refractivity contribution in [1.82, 2.24) is 4.90 Å².